The van der Waals surface area contributed by atoms with Gasteiger partial charge in [0.25, 0.3) is 0 Å². The Morgan fingerprint density at radius 3 is 2.11 bits per heavy atom. The lowest BCUT2D eigenvalue weighted by atomic mass is 9.95. The number of hydrogen-bond donors (Lipinski definition) is 0. The van der Waals surface area contributed by atoms with Gasteiger partial charge in [-0.25, -0.2) is 12.7 Å². The molecule has 3 aromatic carbocycles. The van der Waals surface area contributed by atoms with Crippen LogP contribution in [0.3, 0.4) is 0 Å². The number of halogens is 6. The molecule has 0 amide bonds. The minimum atomic E-state index is -4.62. The maximum absolute atomic E-state index is 14.4. The normalized spacial score (nSPS) is 19.4. The molecule has 0 radical (unpaired) electrons. The molecule has 2 aliphatic heterocycles. The number of morpholine rings is 1. The maximum atomic E-state index is 14.4. The van der Waals surface area contributed by atoms with Crippen molar-refractivity contribution in [3.05, 3.63) is 99.0 Å². The Balaban J connectivity index is 0.00000442. The minimum Gasteiger partial charge on any atom is -0.493 e. The van der Waals surface area contributed by atoms with Crippen LogP contribution in [0, 0.1) is 0 Å². The molecule has 2 heterocycles. The van der Waals surface area contributed by atoms with Crippen LogP contribution in [-0.4, -0.2) is 68.7 Å². The van der Waals surface area contributed by atoms with Crippen LogP contribution in [0.4, 0.5) is 13.2 Å². The van der Waals surface area contributed by atoms with Crippen molar-refractivity contribution in [1.82, 2.24) is 9.21 Å². The molecule has 238 valence electrons. The third-order valence-electron chi connectivity index (χ3n) is 7.36. The average Bonchev–Trinajstić information content (AvgIpc) is 3.39. The van der Waals surface area contributed by atoms with Gasteiger partial charge >= 0.3 is 6.18 Å². The molecule has 0 saturated carbocycles. The summed E-state index contributed by atoms with van der Waals surface area (Å²) < 4.78 is 82.0. The van der Waals surface area contributed by atoms with Crippen LogP contribution in [0.5, 0.6) is 5.75 Å². The molecule has 7 nitrogen and oxygen atoms in total. The number of rotatable bonds is 9. The van der Waals surface area contributed by atoms with E-state index < -0.39 is 33.8 Å². The predicted octanol–water partition coefficient (Wildman–Crippen LogP) is 7.04. The maximum Gasteiger partial charge on any atom is 0.416 e. The third-order valence-corrected chi connectivity index (χ3v) is 9.57. The second-order valence-corrected chi connectivity index (χ2v) is 13.0. The molecule has 0 spiro atoms. The minimum absolute atomic E-state index is 0. The summed E-state index contributed by atoms with van der Waals surface area (Å²) in [5.41, 5.74) is 0.518. The van der Waals surface area contributed by atoms with E-state index in [2.05, 4.69) is 0 Å². The Bertz CT molecular complexity index is 1570. The van der Waals surface area contributed by atoms with E-state index in [0.717, 1.165) is 12.1 Å². The van der Waals surface area contributed by atoms with Gasteiger partial charge in [-0.1, -0.05) is 47.5 Å². The standard InChI is InChI=1S/C30H30Cl2F3N3O4S.ClH/c1-2-42-26-19-22(30(33,34)35)7-12-25(26)29-36-27(20-3-8-23(31)9-4-20)28(21-5-10-24(32)11-6-21)38(29)43(39,40)18-15-37-13-16-41-17-14-37;/h3-12,19,27-28H,2,13-18H2,1H3;1H. The fourth-order valence-corrected chi connectivity index (χ4v) is 7.16. The van der Waals surface area contributed by atoms with E-state index in [1.807, 2.05) is 4.90 Å². The zero-order chi connectivity index (χ0) is 30.8. The molecule has 5 rings (SSSR count). The van der Waals surface area contributed by atoms with Gasteiger partial charge in [0.1, 0.15) is 17.6 Å². The van der Waals surface area contributed by atoms with E-state index in [4.69, 9.17) is 37.7 Å². The van der Waals surface area contributed by atoms with Crippen LogP contribution in [-0.2, 0) is 20.9 Å². The first-order chi connectivity index (χ1) is 20.5. The van der Waals surface area contributed by atoms with Crippen LogP contribution in [0.2, 0.25) is 10.0 Å². The molecule has 14 heteroatoms. The second-order valence-electron chi connectivity index (χ2n) is 10.2. The number of ether oxygens (including phenoxy) is 2. The average molecular weight is 693 g/mol. The second kappa shape index (κ2) is 14.3. The fraction of sp³-hybridized carbons (Fsp3) is 0.367. The number of benzene rings is 3. The van der Waals surface area contributed by atoms with Gasteiger partial charge in [-0.15, -0.1) is 12.4 Å². The molecule has 2 unspecified atom stereocenters. The van der Waals surface area contributed by atoms with E-state index in [1.165, 1.54) is 10.4 Å². The lowest BCUT2D eigenvalue weighted by Crippen LogP contribution is -2.44. The summed E-state index contributed by atoms with van der Waals surface area (Å²) in [6.45, 7) is 4.16. The molecule has 2 atom stereocenters. The number of alkyl halides is 3. The molecule has 2 aliphatic rings. The molecule has 1 saturated heterocycles. The van der Waals surface area contributed by atoms with E-state index in [0.29, 0.717) is 47.5 Å². The number of nitrogens with zero attached hydrogens (tertiary/aromatic N) is 3. The highest BCUT2D eigenvalue weighted by Gasteiger charge is 2.46. The van der Waals surface area contributed by atoms with Gasteiger partial charge in [0.15, 0.2) is 0 Å². The van der Waals surface area contributed by atoms with Gasteiger partial charge in [-0.05, 0) is 60.5 Å². The summed E-state index contributed by atoms with van der Waals surface area (Å²) in [5, 5.41) is 0.958. The van der Waals surface area contributed by atoms with Gasteiger partial charge in [-0.3, -0.25) is 9.89 Å². The summed E-state index contributed by atoms with van der Waals surface area (Å²) >= 11 is 12.3. The first-order valence-electron chi connectivity index (χ1n) is 13.7. The molecule has 1 fully saturated rings. The van der Waals surface area contributed by atoms with Crippen molar-refractivity contribution >= 4 is 51.5 Å². The number of sulfonamides is 1. The molecule has 0 N–H and O–H groups in total. The van der Waals surface area contributed by atoms with E-state index >= 15 is 0 Å². The molecular formula is C30H31Cl3F3N3O4S. The van der Waals surface area contributed by atoms with Gasteiger partial charge in [0.05, 0.1) is 42.7 Å². The van der Waals surface area contributed by atoms with Gasteiger partial charge in [0.2, 0.25) is 10.0 Å². The van der Waals surface area contributed by atoms with Crippen molar-refractivity contribution in [1.29, 1.82) is 0 Å². The van der Waals surface area contributed by atoms with Crippen molar-refractivity contribution in [2.45, 2.75) is 25.2 Å². The quantitative estimate of drug-likeness (QED) is 0.241. The first kappa shape index (κ1) is 34.3. The smallest absolute Gasteiger partial charge is 0.416 e. The highest BCUT2D eigenvalue weighted by Crippen LogP contribution is 2.47. The van der Waals surface area contributed by atoms with Crippen molar-refractivity contribution in [3.8, 4) is 5.75 Å². The largest absolute Gasteiger partial charge is 0.493 e. The molecule has 3 aromatic rings. The Morgan fingerprint density at radius 1 is 0.955 bits per heavy atom. The Hall–Kier alpha value is -2.54. The van der Waals surface area contributed by atoms with Crippen LogP contribution in [0.15, 0.2) is 71.7 Å². The topological polar surface area (TPSA) is 71.4 Å². The summed E-state index contributed by atoms with van der Waals surface area (Å²) in [4.78, 5) is 6.91. The molecular weight excluding hydrogens is 662 g/mol. The number of amidine groups is 1. The van der Waals surface area contributed by atoms with E-state index in [9.17, 15) is 21.6 Å². The predicted molar refractivity (Wildman–Crippen MR) is 168 cm³/mol. The van der Waals surface area contributed by atoms with Gasteiger partial charge in [-0.2, -0.15) is 13.2 Å². The van der Waals surface area contributed by atoms with Gasteiger partial charge in [0, 0.05) is 29.7 Å². The van der Waals surface area contributed by atoms with Crippen LogP contribution >= 0.6 is 35.6 Å². The Morgan fingerprint density at radius 2 is 1.55 bits per heavy atom. The lowest BCUT2D eigenvalue weighted by Gasteiger charge is -2.32. The Kier molecular flexibility index (Phi) is 11.1. The zero-order valence-corrected chi connectivity index (χ0v) is 26.8. The lowest BCUT2D eigenvalue weighted by molar-refractivity contribution is -0.137. The Labute approximate surface area is 271 Å². The first-order valence-corrected chi connectivity index (χ1v) is 16.1. The van der Waals surface area contributed by atoms with Crippen molar-refractivity contribution in [3.63, 3.8) is 0 Å². The third kappa shape index (κ3) is 7.63. The van der Waals surface area contributed by atoms with Crippen LogP contribution < -0.4 is 4.74 Å². The van der Waals surface area contributed by atoms with Crippen LogP contribution in [0.25, 0.3) is 0 Å². The summed E-state index contributed by atoms with van der Waals surface area (Å²) in [7, 11) is -4.10. The summed E-state index contributed by atoms with van der Waals surface area (Å²) in [6, 6.07) is 15.1. The molecule has 44 heavy (non-hydrogen) atoms. The molecule has 0 aromatic heterocycles. The monoisotopic (exact) mass is 691 g/mol. The number of hydrogen-bond acceptors (Lipinski definition) is 6. The van der Waals surface area contributed by atoms with Crippen LogP contribution in [0.1, 0.15) is 41.3 Å². The summed E-state index contributed by atoms with van der Waals surface area (Å²) in [5.74, 6) is -0.358. The highest BCUT2D eigenvalue weighted by molar-refractivity contribution is 7.89. The van der Waals surface area contributed by atoms with E-state index in [-0.39, 0.29) is 48.5 Å². The zero-order valence-electron chi connectivity index (χ0n) is 23.6. The summed E-state index contributed by atoms with van der Waals surface area (Å²) in [6.07, 6.45) is -4.62. The number of aliphatic imine (C=N–C) groups is 1. The van der Waals surface area contributed by atoms with Crippen molar-refractivity contribution in [2.24, 2.45) is 4.99 Å². The van der Waals surface area contributed by atoms with Crippen molar-refractivity contribution < 1.29 is 31.1 Å². The molecule has 0 aliphatic carbocycles. The highest BCUT2D eigenvalue weighted by atomic mass is 35.5. The van der Waals surface area contributed by atoms with Crippen molar-refractivity contribution in [2.75, 3.05) is 45.2 Å². The fourth-order valence-electron chi connectivity index (χ4n) is 5.23. The van der Waals surface area contributed by atoms with Gasteiger partial charge < -0.3 is 9.47 Å². The SMILES string of the molecule is CCOc1cc(C(F)(F)F)ccc1C1=NC(c2ccc(Cl)cc2)C(c2ccc(Cl)cc2)N1S(=O)(=O)CCN1CCOCC1.Cl. The molecule has 0 bridgehead atoms. The van der Waals surface area contributed by atoms with E-state index in [1.54, 1.807) is 55.5 Å².